The molecule has 0 spiro atoms. The van der Waals surface area contributed by atoms with Gasteiger partial charge in [0.2, 0.25) is 0 Å². The van der Waals surface area contributed by atoms with E-state index in [1.54, 1.807) is 11.3 Å². The summed E-state index contributed by atoms with van der Waals surface area (Å²) in [4.78, 5) is 2.48. The van der Waals surface area contributed by atoms with Crippen LogP contribution in [0.2, 0.25) is 10.0 Å². The summed E-state index contributed by atoms with van der Waals surface area (Å²) in [6, 6.07) is 9.85. The number of aryl methyl sites for hydroxylation is 1. The molecule has 17 heavy (non-hydrogen) atoms. The quantitative estimate of drug-likeness (QED) is 0.876. The number of hydrogen-bond donors (Lipinski definition) is 1. The van der Waals surface area contributed by atoms with Crippen molar-refractivity contribution in [3.05, 3.63) is 55.7 Å². The van der Waals surface area contributed by atoms with Crippen LogP contribution in [0.5, 0.6) is 0 Å². The van der Waals surface area contributed by atoms with Gasteiger partial charge in [0.05, 0.1) is 10.0 Å². The predicted molar refractivity (Wildman–Crippen MR) is 76.2 cm³/mol. The minimum absolute atomic E-state index is 0.0194. The van der Waals surface area contributed by atoms with E-state index in [1.165, 1.54) is 9.75 Å². The number of hydrogen-bond acceptors (Lipinski definition) is 2. The third-order valence-electron chi connectivity index (χ3n) is 2.57. The molecule has 1 nitrogen and oxygen atoms in total. The number of nitrogens with two attached hydrogens (primary N) is 1. The first kappa shape index (κ1) is 12.9. The average Bonchev–Trinajstić information content (AvgIpc) is 2.70. The van der Waals surface area contributed by atoms with E-state index in [9.17, 15) is 0 Å². The van der Waals surface area contributed by atoms with Crippen LogP contribution in [0.25, 0.3) is 0 Å². The smallest absolute Gasteiger partial charge is 0.0595 e. The zero-order chi connectivity index (χ0) is 12.4. The van der Waals surface area contributed by atoms with Crippen LogP contribution in [0.15, 0.2) is 30.3 Å². The second-order valence-electron chi connectivity index (χ2n) is 4.01. The molecule has 90 valence electrons. The number of rotatable bonds is 3. The topological polar surface area (TPSA) is 26.0 Å². The SMILES string of the molecule is Cc1ccc(C(N)Cc2ccc(Cl)c(Cl)c2)s1. The normalized spacial score (nSPS) is 12.7. The van der Waals surface area contributed by atoms with Crippen LogP contribution < -0.4 is 5.73 Å². The lowest BCUT2D eigenvalue weighted by atomic mass is 10.1. The van der Waals surface area contributed by atoms with Crippen molar-refractivity contribution in [2.45, 2.75) is 19.4 Å². The van der Waals surface area contributed by atoms with Crippen molar-refractivity contribution < 1.29 is 0 Å². The largest absolute Gasteiger partial charge is 0.323 e. The minimum atomic E-state index is 0.0194. The highest BCUT2D eigenvalue weighted by Gasteiger charge is 2.10. The Bertz CT molecular complexity index is 522. The molecular weight excluding hydrogens is 273 g/mol. The molecule has 0 aliphatic carbocycles. The van der Waals surface area contributed by atoms with Crippen LogP contribution in [-0.2, 0) is 6.42 Å². The number of benzene rings is 1. The van der Waals surface area contributed by atoms with Gasteiger partial charge in [-0.3, -0.25) is 0 Å². The molecule has 1 aromatic carbocycles. The van der Waals surface area contributed by atoms with E-state index in [-0.39, 0.29) is 6.04 Å². The summed E-state index contributed by atoms with van der Waals surface area (Å²) >= 11 is 13.6. The summed E-state index contributed by atoms with van der Waals surface area (Å²) in [5.41, 5.74) is 7.27. The van der Waals surface area contributed by atoms with E-state index < -0.39 is 0 Å². The molecule has 1 heterocycles. The average molecular weight is 286 g/mol. The highest BCUT2D eigenvalue weighted by atomic mass is 35.5. The summed E-state index contributed by atoms with van der Waals surface area (Å²) in [6.07, 6.45) is 0.775. The van der Waals surface area contributed by atoms with E-state index in [0.29, 0.717) is 10.0 Å². The van der Waals surface area contributed by atoms with Crippen molar-refractivity contribution in [1.29, 1.82) is 0 Å². The monoisotopic (exact) mass is 285 g/mol. The molecule has 2 N–H and O–H groups in total. The van der Waals surface area contributed by atoms with Crippen molar-refractivity contribution in [3.63, 3.8) is 0 Å². The third kappa shape index (κ3) is 3.23. The first-order valence-electron chi connectivity index (χ1n) is 5.32. The summed E-state index contributed by atoms with van der Waals surface area (Å²) in [5.74, 6) is 0. The van der Waals surface area contributed by atoms with Crippen LogP contribution in [0.4, 0.5) is 0 Å². The van der Waals surface area contributed by atoms with E-state index >= 15 is 0 Å². The Morgan fingerprint density at radius 3 is 2.53 bits per heavy atom. The molecule has 0 saturated carbocycles. The predicted octanol–water partition coefficient (Wildman–Crippen LogP) is 4.61. The highest BCUT2D eigenvalue weighted by molar-refractivity contribution is 7.12. The van der Waals surface area contributed by atoms with Crippen LogP contribution in [0.1, 0.15) is 21.4 Å². The van der Waals surface area contributed by atoms with Crippen LogP contribution in [0, 0.1) is 6.92 Å². The lowest BCUT2D eigenvalue weighted by Crippen LogP contribution is -2.11. The van der Waals surface area contributed by atoms with Gasteiger partial charge in [0.15, 0.2) is 0 Å². The third-order valence-corrected chi connectivity index (χ3v) is 4.44. The van der Waals surface area contributed by atoms with Crippen molar-refractivity contribution in [2.24, 2.45) is 5.73 Å². The van der Waals surface area contributed by atoms with Gasteiger partial charge in [0, 0.05) is 15.8 Å². The summed E-state index contributed by atoms with van der Waals surface area (Å²) < 4.78 is 0. The molecule has 0 fully saturated rings. The zero-order valence-electron chi connectivity index (χ0n) is 9.41. The van der Waals surface area contributed by atoms with Gasteiger partial charge in [0.25, 0.3) is 0 Å². The molecule has 0 saturated heterocycles. The van der Waals surface area contributed by atoms with Crippen LogP contribution >= 0.6 is 34.5 Å². The molecule has 2 rings (SSSR count). The molecule has 1 atom stereocenters. The first-order chi connectivity index (χ1) is 8.06. The highest BCUT2D eigenvalue weighted by Crippen LogP contribution is 2.27. The molecule has 0 amide bonds. The van der Waals surface area contributed by atoms with Gasteiger partial charge in [-0.05, 0) is 43.2 Å². The van der Waals surface area contributed by atoms with Gasteiger partial charge >= 0.3 is 0 Å². The molecule has 0 bridgehead atoms. The molecule has 4 heteroatoms. The summed E-state index contributed by atoms with van der Waals surface area (Å²) in [7, 11) is 0. The summed E-state index contributed by atoms with van der Waals surface area (Å²) in [6.45, 7) is 2.08. The Morgan fingerprint density at radius 2 is 1.94 bits per heavy atom. The van der Waals surface area contributed by atoms with Crippen LogP contribution in [0.3, 0.4) is 0 Å². The molecule has 1 unspecified atom stereocenters. The maximum atomic E-state index is 6.16. The Morgan fingerprint density at radius 1 is 1.18 bits per heavy atom. The standard InChI is InChI=1S/C13H13Cl2NS/c1-8-2-5-13(17-8)12(16)7-9-3-4-10(14)11(15)6-9/h2-6,12H,7,16H2,1H3. The van der Waals surface area contributed by atoms with Gasteiger partial charge in [-0.15, -0.1) is 11.3 Å². The minimum Gasteiger partial charge on any atom is -0.323 e. The van der Waals surface area contributed by atoms with E-state index in [2.05, 4.69) is 19.1 Å². The van der Waals surface area contributed by atoms with E-state index in [0.717, 1.165) is 12.0 Å². The molecule has 0 aliphatic heterocycles. The Hall–Kier alpha value is -0.540. The Labute approximate surface area is 115 Å². The maximum absolute atomic E-state index is 6.16. The zero-order valence-corrected chi connectivity index (χ0v) is 11.7. The van der Waals surface area contributed by atoms with Gasteiger partial charge in [-0.25, -0.2) is 0 Å². The number of thiophene rings is 1. The van der Waals surface area contributed by atoms with E-state index in [4.69, 9.17) is 28.9 Å². The van der Waals surface area contributed by atoms with E-state index in [1.807, 2.05) is 18.2 Å². The second-order valence-corrected chi connectivity index (χ2v) is 6.14. The fourth-order valence-electron chi connectivity index (χ4n) is 1.67. The van der Waals surface area contributed by atoms with Crippen molar-refractivity contribution >= 4 is 34.5 Å². The molecule has 0 aliphatic rings. The summed E-state index contributed by atoms with van der Waals surface area (Å²) in [5, 5.41) is 1.16. The second kappa shape index (κ2) is 5.40. The molecule has 1 aromatic heterocycles. The van der Waals surface area contributed by atoms with Gasteiger partial charge in [0.1, 0.15) is 0 Å². The van der Waals surface area contributed by atoms with Crippen molar-refractivity contribution in [3.8, 4) is 0 Å². The lowest BCUT2D eigenvalue weighted by Gasteiger charge is -2.10. The lowest BCUT2D eigenvalue weighted by molar-refractivity contribution is 0.736. The fraction of sp³-hybridized carbons (Fsp3) is 0.231. The fourth-order valence-corrected chi connectivity index (χ4v) is 2.87. The first-order valence-corrected chi connectivity index (χ1v) is 6.89. The molecular formula is C13H13Cl2NS. The van der Waals surface area contributed by atoms with Crippen LogP contribution in [-0.4, -0.2) is 0 Å². The van der Waals surface area contributed by atoms with Gasteiger partial charge < -0.3 is 5.73 Å². The van der Waals surface area contributed by atoms with Crippen molar-refractivity contribution in [2.75, 3.05) is 0 Å². The Kier molecular flexibility index (Phi) is 4.10. The maximum Gasteiger partial charge on any atom is 0.0595 e. The Balaban J connectivity index is 2.12. The number of halogens is 2. The van der Waals surface area contributed by atoms with Gasteiger partial charge in [-0.1, -0.05) is 29.3 Å². The molecule has 0 radical (unpaired) electrons. The van der Waals surface area contributed by atoms with Gasteiger partial charge in [-0.2, -0.15) is 0 Å². The molecule has 2 aromatic rings. The van der Waals surface area contributed by atoms with Crippen molar-refractivity contribution in [1.82, 2.24) is 0 Å².